The van der Waals surface area contributed by atoms with Crippen molar-refractivity contribution >= 4 is 0 Å². The van der Waals surface area contributed by atoms with E-state index in [-0.39, 0.29) is 0 Å². The molecule has 0 aromatic heterocycles. The Morgan fingerprint density at radius 1 is 0.917 bits per heavy atom. The van der Waals surface area contributed by atoms with Crippen molar-refractivity contribution in [3.05, 3.63) is 0 Å². The van der Waals surface area contributed by atoms with Gasteiger partial charge in [-0.05, 0) is 43.6 Å². The van der Waals surface area contributed by atoms with Crippen molar-refractivity contribution in [3.63, 3.8) is 0 Å². The maximum Gasteiger partial charge on any atom is -0.00747 e. The van der Waals surface area contributed by atoms with E-state index >= 15 is 0 Å². The average Bonchev–Trinajstić information content (AvgIpc) is 1.84. The van der Waals surface area contributed by atoms with Crippen LogP contribution in [0.25, 0.3) is 0 Å². The lowest BCUT2D eigenvalue weighted by Gasteiger charge is -2.18. The second-order valence-electron chi connectivity index (χ2n) is 4.65. The molecule has 0 spiro atoms. The highest BCUT2D eigenvalue weighted by atomic mass is 14.5. The zero-order valence-electron chi connectivity index (χ0n) is 9.14. The van der Waals surface area contributed by atoms with E-state index in [2.05, 4.69) is 27.7 Å². The molecule has 0 aromatic rings. The fourth-order valence-electron chi connectivity index (χ4n) is 1.99. The Labute approximate surface area is 77.7 Å². The maximum absolute atomic E-state index is 5.51. The summed E-state index contributed by atoms with van der Waals surface area (Å²) in [6.45, 7) is 10.1. The van der Waals surface area contributed by atoms with Crippen molar-refractivity contribution in [2.24, 2.45) is 23.5 Å². The predicted molar refractivity (Wildman–Crippen MR) is 56.1 cm³/mol. The number of nitrogens with two attached hydrogens (primary N) is 1. The molecule has 2 atom stereocenters. The highest BCUT2D eigenvalue weighted by molar-refractivity contribution is 4.61. The van der Waals surface area contributed by atoms with Gasteiger partial charge in [0.25, 0.3) is 0 Å². The summed E-state index contributed by atoms with van der Waals surface area (Å²) >= 11 is 0. The van der Waals surface area contributed by atoms with Crippen LogP contribution >= 0.6 is 0 Å². The normalized spacial score (nSPS) is 16.5. The SMILES string of the molecule is CC(C)CC(C)CC(C)CCN. The Morgan fingerprint density at radius 3 is 1.92 bits per heavy atom. The Balaban J connectivity index is 3.46. The monoisotopic (exact) mass is 171 g/mol. The van der Waals surface area contributed by atoms with E-state index in [0.717, 1.165) is 24.3 Å². The van der Waals surface area contributed by atoms with E-state index in [4.69, 9.17) is 5.73 Å². The van der Waals surface area contributed by atoms with E-state index in [1.165, 1.54) is 19.3 Å². The summed E-state index contributed by atoms with van der Waals surface area (Å²) < 4.78 is 0. The van der Waals surface area contributed by atoms with Gasteiger partial charge in [0.1, 0.15) is 0 Å². The molecule has 0 aliphatic carbocycles. The fourth-order valence-corrected chi connectivity index (χ4v) is 1.99. The van der Waals surface area contributed by atoms with Gasteiger partial charge in [0, 0.05) is 0 Å². The zero-order chi connectivity index (χ0) is 9.56. The molecule has 0 aromatic carbocycles. The molecule has 0 amide bonds. The molecule has 0 rings (SSSR count). The minimum Gasteiger partial charge on any atom is -0.330 e. The van der Waals surface area contributed by atoms with Crippen molar-refractivity contribution in [3.8, 4) is 0 Å². The van der Waals surface area contributed by atoms with Gasteiger partial charge in [-0.25, -0.2) is 0 Å². The quantitative estimate of drug-likeness (QED) is 0.653. The average molecular weight is 171 g/mol. The van der Waals surface area contributed by atoms with Crippen LogP contribution in [-0.4, -0.2) is 6.54 Å². The van der Waals surface area contributed by atoms with Gasteiger partial charge in [-0.1, -0.05) is 27.7 Å². The lowest BCUT2D eigenvalue weighted by atomic mass is 9.89. The van der Waals surface area contributed by atoms with Gasteiger partial charge in [-0.15, -0.1) is 0 Å². The van der Waals surface area contributed by atoms with Crippen molar-refractivity contribution < 1.29 is 0 Å². The summed E-state index contributed by atoms with van der Waals surface area (Å²) in [5.41, 5.74) is 5.51. The smallest absolute Gasteiger partial charge is 0.00747 e. The highest BCUT2D eigenvalue weighted by Crippen LogP contribution is 2.20. The molecule has 1 heteroatoms. The first-order valence-electron chi connectivity index (χ1n) is 5.26. The molecule has 0 heterocycles. The van der Waals surface area contributed by atoms with Crippen molar-refractivity contribution in [2.75, 3.05) is 6.54 Å². The molecule has 0 bridgehead atoms. The van der Waals surface area contributed by atoms with Gasteiger partial charge >= 0.3 is 0 Å². The van der Waals surface area contributed by atoms with Crippen LogP contribution in [0.3, 0.4) is 0 Å². The van der Waals surface area contributed by atoms with Gasteiger partial charge in [-0.3, -0.25) is 0 Å². The molecule has 0 saturated heterocycles. The minimum absolute atomic E-state index is 0.809. The van der Waals surface area contributed by atoms with Gasteiger partial charge in [0.15, 0.2) is 0 Å². The van der Waals surface area contributed by atoms with Crippen molar-refractivity contribution in [2.45, 2.75) is 47.0 Å². The van der Waals surface area contributed by atoms with Crippen molar-refractivity contribution in [1.29, 1.82) is 0 Å². The second-order valence-corrected chi connectivity index (χ2v) is 4.65. The van der Waals surface area contributed by atoms with E-state index in [0.29, 0.717) is 0 Å². The number of rotatable bonds is 6. The Hall–Kier alpha value is -0.0400. The Kier molecular flexibility index (Phi) is 6.45. The van der Waals surface area contributed by atoms with Crippen LogP contribution in [-0.2, 0) is 0 Å². The zero-order valence-corrected chi connectivity index (χ0v) is 9.14. The second kappa shape index (κ2) is 6.47. The van der Waals surface area contributed by atoms with Crippen molar-refractivity contribution in [1.82, 2.24) is 0 Å². The van der Waals surface area contributed by atoms with E-state index in [1.807, 2.05) is 0 Å². The number of hydrogen-bond donors (Lipinski definition) is 1. The van der Waals surface area contributed by atoms with Gasteiger partial charge in [0.05, 0.1) is 0 Å². The summed E-state index contributed by atoms with van der Waals surface area (Å²) in [5.74, 6) is 2.51. The van der Waals surface area contributed by atoms with E-state index in [9.17, 15) is 0 Å². The Bertz CT molecular complexity index is 99.2. The molecule has 1 nitrogen and oxygen atoms in total. The first kappa shape index (κ1) is 12.0. The van der Waals surface area contributed by atoms with Crippen LogP contribution in [0.4, 0.5) is 0 Å². The highest BCUT2D eigenvalue weighted by Gasteiger charge is 2.09. The van der Waals surface area contributed by atoms with Crippen LogP contribution in [0, 0.1) is 17.8 Å². The standard InChI is InChI=1S/C11H25N/c1-9(2)7-11(4)8-10(3)5-6-12/h9-11H,5-8,12H2,1-4H3. The molecule has 0 radical (unpaired) electrons. The molecule has 0 fully saturated rings. The number of hydrogen-bond acceptors (Lipinski definition) is 1. The molecular formula is C11H25N. The molecule has 0 aliphatic heterocycles. The minimum atomic E-state index is 0.809. The molecule has 2 N–H and O–H groups in total. The summed E-state index contributed by atoms with van der Waals surface area (Å²) in [6, 6.07) is 0. The first-order valence-corrected chi connectivity index (χ1v) is 5.26. The fraction of sp³-hybridized carbons (Fsp3) is 1.00. The molecule has 0 aliphatic rings. The Morgan fingerprint density at radius 2 is 1.50 bits per heavy atom. The third-order valence-corrected chi connectivity index (χ3v) is 2.34. The lowest BCUT2D eigenvalue weighted by molar-refractivity contribution is 0.346. The molecule has 2 unspecified atom stereocenters. The van der Waals surface area contributed by atoms with Gasteiger partial charge in [-0.2, -0.15) is 0 Å². The largest absolute Gasteiger partial charge is 0.330 e. The molecule has 74 valence electrons. The predicted octanol–water partition coefficient (Wildman–Crippen LogP) is 3.04. The van der Waals surface area contributed by atoms with Gasteiger partial charge in [0.2, 0.25) is 0 Å². The molecular weight excluding hydrogens is 146 g/mol. The van der Waals surface area contributed by atoms with Gasteiger partial charge < -0.3 is 5.73 Å². The maximum atomic E-state index is 5.51. The summed E-state index contributed by atoms with van der Waals surface area (Å²) in [7, 11) is 0. The summed E-state index contributed by atoms with van der Waals surface area (Å²) in [6.07, 6.45) is 3.88. The van der Waals surface area contributed by atoms with Crippen LogP contribution in [0.15, 0.2) is 0 Å². The summed E-state index contributed by atoms with van der Waals surface area (Å²) in [5, 5.41) is 0. The molecule has 0 saturated carbocycles. The van der Waals surface area contributed by atoms with E-state index in [1.54, 1.807) is 0 Å². The summed E-state index contributed by atoms with van der Waals surface area (Å²) in [4.78, 5) is 0. The molecule has 12 heavy (non-hydrogen) atoms. The van der Waals surface area contributed by atoms with Crippen LogP contribution in [0.2, 0.25) is 0 Å². The third-order valence-electron chi connectivity index (χ3n) is 2.34. The van der Waals surface area contributed by atoms with Crippen LogP contribution in [0.1, 0.15) is 47.0 Å². The lowest BCUT2D eigenvalue weighted by Crippen LogP contribution is -2.10. The third kappa shape index (κ3) is 6.66. The van der Waals surface area contributed by atoms with Crippen LogP contribution in [0.5, 0.6) is 0 Å². The topological polar surface area (TPSA) is 26.0 Å². The first-order chi connectivity index (χ1) is 5.56. The van der Waals surface area contributed by atoms with E-state index < -0.39 is 0 Å². The van der Waals surface area contributed by atoms with Crippen LogP contribution < -0.4 is 5.73 Å².